The van der Waals surface area contributed by atoms with Gasteiger partial charge in [-0.05, 0) is 92.8 Å². The number of aliphatic carboxylic acids is 1. The zero-order chi connectivity index (χ0) is 67.9. The lowest BCUT2D eigenvalue weighted by molar-refractivity contribution is -0.148. The van der Waals surface area contributed by atoms with Crippen molar-refractivity contribution in [2.75, 3.05) is 26.2 Å². The van der Waals surface area contributed by atoms with Crippen LogP contribution in [0.3, 0.4) is 0 Å². The minimum Gasteiger partial charge on any atom is -0.480 e. The molecule has 0 bridgehead atoms. The molecule has 17 atom stereocenters. The molecule has 0 aromatic carbocycles. The topological polar surface area (TPSA) is 354 Å². The molecule has 26 nitrogen and oxygen atoms in total. The summed E-state index contributed by atoms with van der Waals surface area (Å²) < 4.78 is 0. The molecular formula is C65H108N12O14. The van der Waals surface area contributed by atoms with E-state index >= 15 is 14.4 Å². The Hall–Kier alpha value is -6.86. The van der Waals surface area contributed by atoms with E-state index in [1.165, 1.54) is 19.6 Å². The number of carbonyl (C=O) groups is 12. The third-order valence-electron chi connectivity index (χ3n) is 19.5. The molecular weight excluding hydrogens is 1170 g/mol. The minimum atomic E-state index is -1.33. The van der Waals surface area contributed by atoms with E-state index in [9.17, 15) is 53.4 Å². The van der Waals surface area contributed by atoms with Crippen LogP contribution in [0.25, 0.3) is 0 Å². The number of rotatable bonds is 20. The smallest absolute Gasteiger partial charge is 0.326 e. The van der Waals surface area contributed by atoms with Crippen molar-refractivity contribution in [2.24, 2.45) is 41.4 Å². The van der Waals surface area contributed by atoms with Crippen molar-refractivity contribution in [1.29, 1.82) is 0 Å². The third kappa shape index (κ3) is 18.9. The summed E-state index contributed by atoms with van der Waals surface area (Å²) in [5, 5.41) is 44.0. The summed E-state index contributed by atoms with van der Waals surface area (Å²) in [5.41, 5.74) is -0.443. The fourth-order valence-electron chi connectivity index (χ4n) is 12.9. The average Bonchev–Trinajstić information content (AvgIpc) is 2.17. The lowest BCUT2D eigenvalue weighted by Crippen LogP contribution is -2.61. The number of carbonyl (C=O) groups excluding carboxylic acids is 11. The summed E-state index contributed by atoms with van der Waals surface area (Å²) in [4.78, 5) is 180. The van der Waals surface area contributed by atoms with Crippen molar-refractivity contribution in [1.82, 2.24) is 62.1 Å². The molecule has 5 rings (SSSR count). The van der Waals surface area contributed by atoms with Crippen LogP contribution < -0.4 is 42.5 Å². The molecule has 10 N–H and O–H groups in total. The number of nitrogens with zero attached hydrogens (tertiary/aromatic N) is 4. The van der Waals surface area contributed by atoms with Gasteiger partial charge in [-0.2, -0.15) is 0 Å². The average molecular weight is 1280 g/mol. The Labute approximate surface area is 537 Å². The maximum Gasteiger partial charge on any atom is 0.326 e. The molecule has 91 heavy (non-hydrogen) atoms. The van der Waals surface area contributed by atoms with Gasteiger partial charge in [-0.3, -0.25) is 52.7 Å². The molecule has 4 saturated heterocycles. The Bertz CT molecular complexity index is 2650. The number of aliphatic hydroxyl groups excluding tert-OH is 1. The minimum absolute atomic E-state index is 0.00349. The highest BCUT2D eigenvalue weighted by Crippen LogP contribution is 2.29. The first-order valence-electron chi connectivity index (χ1n) is 33.7. The van der Waals surface area contributed by atoms with E-state index in [1.807, 2.05) is 55.4 Å². The van der Waals surface area contributed by atoms with Crippen molar-refractivity contribution in [2.45, 2.75) is 259 Å². The van der Waals surface area contributed by atoms with Crippen LogP contribution in [0.2, 0.25) is 0 Å². The molecule has 0 aromatic rings. The predicted octanol–water partition coefficient (Wildman–Crippen LogP) is 2.17. The Morgan fingerprint density at radius 3 is 1.59 bits per heavy atom. The molecule has 0 aliphatic carbocycles. The number of likely N-dealkylation sites (tertiary alicyclic amines) is 1. The van der Waals surface area contributed by atoms with E-state index in [4.69, 9.17) is 0 Å². The number of nitrogens with one attached hydrogen (secondary N) is 8. The van der Waals surface area contributed by atoms with Gasteiger partial charge in [0.05, 0.1) is 6.10 Å². The number of carboxylic acids is 1. The summed E-state index contributed by atoms with van der Waals surface area (Å²) in [7, 11) is 0. The Morgan fingerprint density at radius 1 is 0.538 bits per heavy atom. The van der Waals surface area contributed by atoms with Gasteiger partial charge in [-0.1, -0.05) is 129 Å². The second-order valence-corrected chi connectivity index (χ2v) is 27.2. The highest BCUT2D eigenvalue weighted by Gasteiger charge is 2.48. The molecule has 26 heteroatoms. The number of amides is 11. The predicted molar refractivity (Wildman–Crippen MR) is 339 cm³/mol. The number of fused-ring (bicyclic) bond motifs is 3. The van der Waals surface area contributed by atoms with Crippen LogP contribution in [0.15, 0.2) is 11.9 Å². The van der Waals surface area contributed by atoms with Gasteiger partial charge in [-0.25, -0.2) is 4.79 Å². The van der Waals surface area contributed by atoms with E-state index < -0.39 is 179 Å². The molecule has 4 fully saturated rings. The maximum atomic E-state index is 15.3. The molecule has 0 spiro atoms. The Morgan fingerprint density at radius 2 is 1.03 bits per heavy atom. The second kappa shape index (κ2) is 34.2. The first-order valence-corrected chi connectivity index (χ1v) is 33.7. The molecule has 0 saturated carbocycles. The number of hydrogen-bond acceptors (Lipinski definition) is 14. The quantitative estimate of drug-likeness (QED) is 0.0835. The van der Waals surface area contributed by atoms with Gasteiger partial charge in [0.2, 0.25) is 59.1 Å². The molecule has 512 valence electrons. The van der Waals surface area contributed by atoms with Gasteiger partial charge in [0.25, 0.3) is 5.91 Å². The van der Waals surface area contributed by atoms with Crippen molar-refractivity contribution >= 4 is 70.9 Å². The summed E-state index contributed by atoms with van der Waals surface area (Å²) >= 11 is 0. The number of hydrogen-bond donors (Lipinski definition) is 10. The van der Waals surface area contributed by atoms with E-state index in [0.717, 1.165) is 6.20 Å². The van der Waals surface area contributed by atoms with Crippen LogP contribution in [-0.4, -0.2) is 200 Å². The normalized spacial score (nSPS) is 28.6. The Kier molecular flexibility index (Phi) is 28.1. The van der Waals surface area contributed by atoms with Crippen LogP contribution in [0, 0.1) is 41.4 Å². The monoisotopic (exact) mass is 1280 g/mol. The van der Waals surface area contributed by atoms with Crippen LogP contribution in [0.1, 0.15) is 187 Å². The van der Waals surface area contributed by atoms with E-state index in [2.05, 4.69) is 42.5 Å². The van der Waals surface area contributed by atoms with Gasteiger partial charge in [0.15, 0.2) is 0 Å². The molecule has 0 aromatic heterocycles. The summed E-state index contributed by atoms with van der Waals surface area (Å²) in [6.45, 7) is 25.3. The zero-order valence-electron chi connectivity index (χ0n) is 56.4. The highest BCUT2D eigenvalue weighted by molar-refractivity contribution is 6.03. The van der Waals surface area contributed by atoms with Gasteiger partial charge in [-0.15, -0.1) is 0 Å². The van der Waals surface area contributed by atoms with Crippen LogP contribution in [0.4, 0.5) is 0 Å². The molecule has 0 radical (unpaired) electrons. The molecule has 5 heterocycles. The zero-order valence-corrected chi connectivity index (χ0v) is 56.4. The van der Waals surface area contributed by atoms with Crippen molar-refractivity contribution < 1.29 is 67.7 Å². The van der Waals surface area contributed by atoms with Gasteiger partial charge < -0.3 is 72.3 Å². The second-order valence-electron chi connectivity index (χ2n) is 27.2. The number of carboxylic acid groups (broad SMARTS) is 1. The van der Waals surface area contributed by atoms with Crippen LogP contribution in [-0.2, 0) is 57.5 Å². The van der Waals surface area contributed by atoms with Gasteiger partial charge in [0, 0.05) is 38.8 Å². The molecule has 11 amide bonds. The molecule has 5 aliphatic rings. The fourth-order valence-corrected chi connectivity index (χ4v) is 12.9. The number of aliphatic hydroxyl groups is 1. The summed E-state index contributed by atoms with van der Waals surface area (Å²) in [5.74, 6) is -11.6. The lowest BCUT2D eigenvalue weighted by atomic mass is 9.94. The Balaban J connectivity index is 1.64. The summed E-state index contributed by atoms with van der Waals surface area (Å²) in [6, 6.07) is -13.2. The van der Waals surface area contributed by atoms with E-state index in [1.54, 1.807) is 41.5 Å². The largest absolute Gasteiger partial charge is 0.480 e. The SMILES string of the molecule is CCC(C)C(NC(=O)C(NC(=O)C1CCCN1C(=O)C1=CNC(C(C)CC)C(=O)N2CC(O)CC2C(=O)NC(C(C)CC)C(=O)NC(C(C)CC)C(=O)NC(CC(C)C)C(=O)N2CCCC2C(=O)N2CCCC2C(=O)NC(CC(C)C)C(=O)N1)C(C)CC)C(=O)O. The van der Waals surface area contributed by atoms with Crippen molar-refractivity contribution in [3.05, 3.63) is 11.9 Å². The standard InChI is InChI=1S/C65H108N12O14/c1-15-36(10)49-58(83)68-43(30-35(8)9)61(86)76-28-22-25-47(76)63(88)75-27-21-23-45(75)55(80)67-42(29-34(6)7)54(79)69-44(62(87)74-26-20-24-46(74)56(81)70-51(38(12)17-3)60(85)73-53(65(90)91)40(14)19-5)32-66-52(39(13)18-4)64(89)77-33-41(78)31-48(77)57(82)71-50(37(11)16-2)59(84)72-49/h32,34-43,45-53,66,78H,15-31,33H2,1-14H3,(H,67,80)(H,68,83)(H,69,79)(H,70,81)(H,71,82)(H,72,84)(H,73,85)(H,90,91). The third-order valence-corrected chi connectivity index (χ3v) is 19.5. The summed E-state index contributed by atoms with van der Waals surface area (Å²) in [6.07, 6.45) is 3.85. The van der Waals surface area contributed by atoms with E-state index in [0.29, 0.717) is 51.4 Å². The van der Waals surface area contributed by atoms with Crippen LogP contribution >= 0.6 is 0 Å². The van der Waals surface area contributed by atoms with Crippen LogP contribution in [0.5, 0.6) is 0 Å². The van der Waals surface area contributed by atoms with Crippen molar-refractivity contribution in [3.63, 3.8) is 0 Å². The first-order chi connectivity index (χ1) is 42.9. The molecule has 5 aliphatic heterocycles. The molecule has 17 unspecified atom stereocenters. The fraction of sp³-hybridized carbons (Fsp3) is 0.785. The van der Waals surface area contributed by atoms with Crippen molar-refractivity contribution in [3.8, 4) is 0 Å². The highest BCUT2D eigenvalue weighted by atomic mass is 16.4. The van der Waals surface area contributed by atoms with E-state index in [-0.39, 0.29) is 76.5 Å². The van der Waals surface area contributed by atoms with Gasteiger partial charge >= 0.3 is 5.97 Å². The maximum absolute atomic E-state index is 15.3. The first kappa shape index (κ1) is 74.9. The lowest BCUT2D eigenvalue weighted by Gasteiger charge is -2.34. The van der Waals surface area contributed by atoms with Gasteiger partial charge in [0.1, 0.15) is 72.2 Å².